The van der Waals surface area contributed by atoms with Gasteiger partial charge in [0.25, 0.3) is 0 Å². The molecule has 0 radical (unpaired) electrons. The molecule has 150 valence electrons. The first-order chi connectivity index (χ1) is 15.4. The minimum Gasteiger partial charge on any atom is -0.358 e. The first kappa shape index (κ1) is 19.2. The van der Waals surface area contributed by atoms with Crippen LogP contribution in [-0.4, -0.2) is 17.6 Å². The summed E-state index contributed by atoms with van der Waals surface area (Å²) in [6.45, 7) is 1.04. The predicted octanol–water partition coefficient (Wildman–Crippen LogP) is 6.44. The lowest BCUT2D eigenvalue weighted by atomic mass is 9.96. The lowest BCUT2D eigenvalue weighted by Crippen LogP contribution is -2.27. The molecule has 2 heterocycles. The molecule has 0 spiro atoms. The fourth-order valence-electron chi connectivity index (χ4n) is 4.22. The highest BCUT2D eigenvalue weighted by Gasteiger charge is 2.22. The first-order valence-corrected chi connectivity index (χ1v) is 10.8. The Balaban J connectivity index is 1.52. The summed E-state index contributed by atoms with van der Waals surface area (Å²) in [4.78, 5) is 6.55. The number of pyridine rings is 1. The van der Waals surface area contributed by atoms with Gasteiger partial charge in [0.15, 0.2) is 0 Å². The maximum Gasteiger partial charge on any atom is 0.0908 e. The number of hydrogen-bond acceptors (Lipinski definition) is 2. The summed E-state index contributed by atoms with van der Waals surface area (Å²) < 4.78 is 0. The predicted molar refractivity (Wildman–Crippen MR) is 129 cm³/mol. The molecular weight excluding hydrogens is 376 g/mol. The maximum absolute atomic E-state index is 4.15. The Bertz CT molecular complexity index is 1150. The van der Waals surface area contributed by atoms with Crippen molar-refractivity contribution in [3.8, 4) is 34.1 Å². The van der Waals surface area contributed by atoms with Gasteiger partial charge in [-0.3, -0.25) is 4.98 Å². The molecule has 0 bridgehead atoms. The van der Waals surface area contributed by atoms with Crippen molar-refractivity contribution in [2.24, 2.45) is 0 Å². The van der Waals surface area contributed by atoms with Crippen LogP contribution in [0.15, 0.2) is 103 Å². The van der Waals surface area contributed by atoms with E-state index in [4.69, 9.17) is 0 Å². The van der Waals surface area contributed by atoms with Crippen LogP contribution in [0.5, 0.6) is 0 Å². The van der Waals surface area contributed by atoms with Crippen molar-refractivity contribution in [3.05, 3.63) is 109 Å². The van der Waals surface area contributed by atoms with Gasteiger partial charge in [-0.2, -0.15) is 0 Å². The van der Waals surface area contributed by atoms with Crippen LogP contribution in [0.4, 0.5) is 5.69 Å². The van der Waals surface area contributed by atoms with E-state index >= 15 is 0 Å². The van der Waals surface area contributed by atoms with E-state index in [1.807, 2.05) is 12.4 Å². The fraction of sp³-hybridized carbons (Fsp3) is 0.138. The van der Waals surface area contributed by atoms with Crippen LogP contribution in [0.2, 0.25) is 0 Å². The Morgan fingerprint density at radius 3 is 1.94 bits per heavy atom. The van der Waals surface area contributed by atoms with Gasteiger partial charge in [-0.05, 0) is 65.4 Å². The van der Waals surface area contributed by atoms with E-state index in [0.717, 1.165) is 18.5 Å². The zero-order valence-corrected chi connectivity index (χ0v) is 17.4. The minimum absolute atomic E-state index is 0.239. The molecule has 0 N–H and O–H groups in total. The fourth-order valence-corrected chi connectivity index (χ4v) is 4.22. The van der Waals surface area contributed by atoms with Gasteiger partial charge < -0.3 is 4.90 Å². The number of aromatic nitrogens is 1. The van der Waals surface area contributed by atoms with E-state index in [2.05, 4.69) is 113 Å². The van der Waals surface area contributed by atoms with Crippen LogP contribution in [0.3, 0.4) is 0 Å². The van der Waals surface area contributed by atoms with E-state index in [1.165, 1.54) is 34.4 Å². The van der Waals surface area contributed by atoms with Gasteiger partial charge in [0, 0.05) is 30.2 Å². The lowest BCUT2D eigenvalue weighted by molar-refractivity contribution is 0.829. The van der Waals surface area contributed by atoms with Gasteiger partial charge in [-0.25, -0.2) is 0 Å². The van der Waals surface area contributed by atoms with Crippen LogP contribution in [0.1, 0.15) is 18.4 Å². The molecule has 1 aromatic heterocycles. The SMILES string of the molecule is C(#C[C@@H]1CCCN1c1ccncc1)c1cc(-c2ccccc2)cc(-c2ccccc2)c1. The van der Waals surface area contributed by atoms with Gasteiger partial charge in [-0.1, -0.05) is 72.5 Å². The van der Waals surface area contributed by atoms with Crippen LogP contribution in [0, 0.1) is 11.8 Å². The molecule has 1 aliphatic rings. The highest BCUT2D eigenvalue weighted by molar-refractivity contribution is 5.75. The average molecular weight is 401 g/mol. The Morgan fingerprint density at radius 2 is 1.32 bits per heavy atom. The monoisotopic (exact) mass is 400 g/mol. The zero-order valence-electron chi connectivity index (χ0n) is 17.4. The number of nitrogens with zero attached hydrogens (tertiary/aromatic N) is 2. The summed E-state index contributed by atoms with van der Waals surface area (Å²) in [5.41, 5.74) is 7.08. The molecule has 3 aromatic carbocycles. The van der Waals surface area contributed by atoms with Gasteiger partial charge in [0.1, 0.15) is 0 Å². The molecule has 1 saturated heterocycles. The van der Waals surface area contributed by atoms with Gasteiger partial charge >= 0.3 is 0 Å². The molecule has 31 heavy (non-hydrogen) atoms. The molecule has 1 atom stereocenters. The summed E-state index contributed by atoms with van der Waals surface area (Å²) in [6.07, 6.45) is 5.97. The Labute approximate surface area is 184 Å². The third-order valence-corrected chi connectivity index (χ3v) is 5.78. The summed E-state index contributed by atoms with van der Waals surface area (Å²) in [5.74, 6) is 7.06. The van der Waals surface area contributed by atoms with E-state index < -0.39 is 0 Å². The Kier molecular flexibility index (Phi) is 5.50. The number of anilines is 1. The highest BCUT2D eigenvalue weighted by atomic mass is 15.2. The van der Waals surface area contributed by atoms with Crippen LogP contribution >= 0.6 is 0 Å². The number of benzene rings is 3. The first-order valence-electron chi connectivity index (χ1n) is 10.8. The molecule has 0 saturated carbocycles. The quantitative estimate of drug-likeness (QED) is 0.368. The zero-order chi connectivity index (χ0) is 20.9. The van der Waals surface area contributed by atoms with Crippen LogP contribution < -0.4 is 4.90 Å². The van der Waals surface area contributed by atoms with Crippen LogP contribution in [0.25, 0.3) is 22.3 Å². The summed E-state index contributed by atoms with van der Waals surface area (Å²) in [5, 5.41) is 0. The normalized spacial score (nSPS) is 15.4. The third-order valence-electron chi connectivity index (χ3n) is 5.78. The molecule has 4 aromatic rings. The lowest BCUT2D eigenvalue weighted by Gasteiger charge is -2.22. The molecule has 1 aliphatic heterocycles. The van der Waals surface area contributed by atoms with Gasteiger partial charge in [0.05, 0.1) is 6.04 Å². The van der Waals surface area contributed by atoms with E-state index in [0.29, 0.717) is 0 Å². The second-order valence-corrected chi connectivity index (χ2v) is 7.86. The minimum atomic E-state index is 0.239. The summed E-state index contributed by atoms with van der Waals surface area (Å²) >= 11 is 0. The molecule has 0 aliphatic carbocycles. The van der Waals surface area contributed by atoms with Crippen LogP contribution in [-0.2, 0) is 0 Å². The molecule has 0 amide bonds. The van der Waals surface area contributed by atoms with Crippen molar-refractivity contribution in [2.45, 2.75) is 18.9 Å². The Morgan fingerprint density at radius 1 is 0.710 bits per heavy atom. The molecule has 5 rings (SSSR count). The molecule has 0 unspecified atom stereocenters. The van der Waals surface area contributed by atoms with Gasteiger partial charge in [0.2, 0.25) is 0 Å². The Hall–Kier alpha value is -3.83. The smallest absolute Gasteiger partial charge is 0.0908 e. The van der Waals surface area contributed by atoms with Crippen molar-refractivity contribution in [2.75, 3.05) is 11.4 Å². The summed E-state index contributed by atoms with van der Waals surface area (Å²) in [7, 11) is 0. The number of hydrogen-bond donors (Lipinski definition) is 0. The second-order valence-electron chi connectivity index (χ2n) is 7.86. The summed E-state index contributed by atoms with van der Waals surface area (Å²) in [6, 6.07) is 32.1. The topological polar surface area (TPSA) is 16.1 Å². The van der Waals surface area contributed by atoms with Crippen molar-refractivity contribution < 1.29 is 0 Å². The van der Waals surface area contributed by atoms with Crippen molar-refractivity contribution in [1.82, 2.24) is 4.98 Å². The second kappa shape index (κ2) is 8.90. The molecule has 2 nitrogen and oxygen atoms in total. The number of rotatable bonds is 3. The van der Waals surface area contributed by atoms with Crippen molar-refractivity contribution in [3.63, 3.8) is 0 Å². The molecule has 1 fully saturated rings. The van der Waals surface area contributed by atoms with E-state index in [9.17, 15) is 0 Å². The largest absolute Gasteiger partial charge is 0.358 e. The standard InChI is InChI=1S/C29H24N2/c1-3-8-24(9-4-1)26-20-23(21-27(22-26)25-10-5-2-6-11-25)13-14-28-12-7-19-31(28)29-15-17-30-18-16-29/h1-6,8-11,15-18,20-22,28H,7,12,19H2/t28-/m0/s1. The van der Waals surface area contributed by atoms with E-state index in [1.54, 1.807) is 0 Å². The van der Waals surface area contributed by atoms with Gasteiger partial charge in [-0.15, -0.1) is 0 Å². The molecule has 2 heteroatoms. The van der Waals surface area contributed by atoms with Crippen molar-refractivity contribution in [1.29, 1.82) is 0 Å². The highest BCUT2D eigenvalue weighted by Crippen LogP contribution is 2.29. The van der Waals surface area contributed by atoms with E-state index in [-0.39, 0.29) is 6.04 Å². The molecular formula is C29H24N2. The maximum atomic E-state index is 4.15. The average Bonchev–Trinajstić information content (AvgIpc) is 3.33. The van der Waals surface area contributed by atoms with Crippen molar-refractivity contribution >= 4 is 5.69 Å². The third kappa shape index (κ3) is 4.37.